The lowest BCUT2D eigenvalue weighted by molar-refractivity contribution is 1.07. The van der Waals surface area contributed by atoms with Crippen LogP contribution in [-0.2, 0) is 0 Å². The lowest BCUT2D eigenvalue weighted by Gasteiger charge is -2.11. The molecule has 0 bridgehead atoms. The molecule has 5 heteroatoms. The van der Waals surface area contributed by atoms with Gasteiger partial charge in [0.25, 0.3) is 0 Å². The molecule has 7 aromatic carbocycles. The van der Waals surface area contributed by atoms with E-state index in [4.69, 9.17) is 24.9 Å². The molecule has 3 heterocycles. The predicted octanol–water partition coefficient (Wildman–Crippen LogP) is 12.1. The van der Waals surface area contributed by atoms with E-state index in [1.54, 1.807) is 0 Å². The normalized spacial score (nSPS) is 11.3. The van der Waals surface area contributed by atoms with E-state index in [0.717, 1.165) is 82.9 Å². The molecule has 10 aromatic rings. The Balaban J connectivity index is 0.998. The molecule has 54 heavy (non-hydrogen) atoms. The maximum atomic E-state index is 5.19. The molecule has 0 saturated heterocycles. The standard InChI is InChI=1S/C49H31N5/c1-4-11-32(12-5-1)43-27-25-33-19-20-34-26-28-44(51-46(34)45(33)50-43)41-24-23-39-29-38(21-22-40(39)30-41)37-17-10-18-42(31-37)49-53-47(35-13-6-2-7-14-35)52-48(54-49)36-15-8-3-9-16-36/h1-31H. The van der Waals surface area contributed by atoms with Gasteiger partial charge in [0.1, 0.15) is 0 Å². The van der Waals surface area contributed by atoms with Gasteiger partial charge in [0.15, 0.2) is 17.5 Å². The van der Waals surface area contributed by atoms with Gasteiger partial charge in [-0.25, -0.2) is 24.9 Å². The zero-order valence-electron chi connectivity index (χ0n) is 29.1. The van der Waals surface area contributed by atoms with Crippen molar-refractivity contribution in [2.75, 3.05) is 0 Å². The van der Waals surface area contributed by atoms with E-state index in [-0.39, 0.29) is 0 Å². The highest BCUT2D eigenvalue weighted by molar-refractivity contribution is 6.04. The molecule has 0 amide bonds. The van der Waals surface area contributed by atoms with Crippen LogP contribution in [0, 0.1) is 0 Å². The van der Waals surface area contributed by atoms with Crippen LogP contribution < -0.4 is 0 Å². The van der Waals surface area contributed by atoms with E-state index in [0.29, 0.717) is 17.5 Å². The van der Waals surface area contributed by atoms with E-state index in [1.165, 1.54) is 0 Å². The van der Waals surface area contributed by atoms with Gasteiger partial charge in [0, 0.05) is 38.6 Å². The number of hydrogen-bond acceptors (Lipinski definition) is 5. The Morgan fingerprint density at radius 3 is 1.19 bits per heavy atom. The molecule has 0 spiro atoms. The van der Waals surface area contributed by atoms with Crippen molar-refractivity contribution in [3.05, 3.63) is 188 Å². The Morgan fingerprint density at radius 2 is 0.611 bits per heavy atom. The number of aromatic nitrogens is 5. The van der Waals surface area contributed by atoms with Gasteiger partial charge < -0.3 is 0 Å². The van der Waals surface area contributed by atoms with E-state index in [1.807, 2.05) is 78.9 Å². The third-order valence-corrected chi connectivity index (χ3v) is 9.88. The van der Waals surface area contributed by atoms with Crippen LogP contribution in [-0.4, -0.2) is 24.9 Å². The van der Waals surface area contributed by atoms with Crippen molar-refractivity contribution in [2.45, 2.75) is 0 Å². The first-order valence-electron chi connectivity index (χ1n) is 18.0. The first-order valence-corrected chi connectivity index (χ1v) is 18.0. The third kappa shape index (κ3) is 5.94. The lowest BCUT2D eigenvalue weighted by atomic mass is 9.97. The summed E-state index contributed by atoms with van der Waals surface area (Å²) >= 11 is 0. The maximum Gasteiger partial charge on any atom is 0.164 e. The van der Waals surface area contributed by atoms with Crippen LogP contribution in [0.5, 0.6) is 0 Å². The first-order chi connectivity index (χ1) is 26.7. The molecule has 5 nitrogen and oxygen atoms in total. The smallest absolute Gasteiger partial charge is 0.164 e. The number of rotatable bonds is 6. The Morgan fingerprint density at radius 1 is 0.222 bits per heavy atom. The molecular weight excluding hydrogens is 659 g/mol. The molecule has 0 fully saturated rings. The Bertz CT molecular complexity index is 2920. The fourth-order valence-electron chi connectivity index (χ4n) is 7.06. The van der Waals surface area contributed by atoms with E-state index < -0.39 is 0 Å². The van der Waals surface area contributed by atoms with E-state index in [2.05, 4.69) is 109 Å². The first kappa shape index (κ1) is 31.4. The minimum absolute atomic E-state index is 0.636. The predicted molar refractivity (Wildman–Crippen MR) is 221 cm³/mol. The van der Waals surface area contributed by atoms with Crippen molar-refractivity contribution in [1.82, 2.24) is 24.9 Å². The highest BCUT2D eigenvalue weighted by atomic mass is 15.0. The molecule has 0 radical (unpaired) electrons. The summed E-state index contributed by atoms with van der Waals surface area (Å²) in [5.74, 6) is 1.93. The number of pyridine rings is 2. The Kier molecular flexibility index (Phi) is 7.73. The quantitative estimate of drug-likeness (QED) is 0.163. The molecule has 0 N–H and O–H groups in total. The van der Waals surface area contributed by atoms with E-state index in [9.17, 15) is 0 Å². The summed E-state index contributed by atoms with van der Waals surface area (Å²) in [7, 11) is 0. The molecule has 0 unspecified atom stereocenters. The average Bonchev–Trinajstić information content (AvgIpc) is 3.26. The highest BCUT2D eigenvalue weighted by Crippen LogP contribution is 2.33. The van der Waals surface area contributed by atoms with Gasteiger partial charge >= 0.3 is 0 Å². The number of benzene rings is 7. The summed E-state index contributed by atoms with van der Waals surface area (Å²) in [6.45, 7) is 0. The fourth-order valence-corrected chi connectivity index (χ4v) is 7.06. The summed E-state index contributed by atoms with van der Waals surface area (Å²) in [6.07, 6.45) is 0. The van der Waals surface area contributed by atoms with Crippen molar-refractivity contribution in [1.29, 1.82) is 0 Å². The van der Waals surface area contributed by atoms with Crippen molar-refractivity contribution < 1.29 is 0 Å². The minimum Gasteiger partial charge on any atom is -0.245 e. The summed E-state index contributed by atoms with van der Waals surface area (Å²) < 4.78 is 0. The molecule has 252 valence electrons. The molecule has 0 saturated carbocycles. The second-order valence-corrected chi connectivity index (χ2v) is 13.4. The second-order valence-electron chi connectivity index (χ2n) is 13.4. The number of hydrogen-bond donors (Lipinski definition) is 0. The number of nitrogens with zero attached hydrogens (tertiary/aromatic N) is 5. The molecule has 0 aliphatic rings. The van der Waals surface area contributed by atoms with Crippen molar-refractivity contribution in [2.24, 2.45) is 0 Å². The maximum absolute atomic E-state index is 5.19. The SMILES string of the molecule is c1ccc(-c2ccc3ccc4ccc(-c5ccc6cc(-c7cccc(-c8nc(-c9ccccc9)nc(-c9ccccc9)n8)c7)ccc6c5)nc4c3n2)cc1. The summed E-state index contributed by atoms with van der Waals surface area (Å²) in [6, 6.07) is 64.7. The van der Waals surface area contributed by atoms with Crippen molar-refractivity contribution in [3.63, 3.8) is 0 Å². The zero-order valence-corrected chi connectivity index (χ0v) is 29.1. The summed E-state index contributed by atoms with van der Waals surface area (Å²) in [4.78, 5) is 25.0. The Labute approximate surface area is 312 Å². The van der Waals surface area contributed by atoms with Gasteiger partial charge in [0.05, 0.1) is 22.4 Å². The van der Waals surface area contributed by atoms with Gasteiger partial charge in [-0.2, -0.15) is 0 Å². The molecule has 10 rings (SSSR count). The topological polar surface area (TPSA) is 64.5 Å². The monoisotopic (exact) mass is 689 g/mol. The summed E-state index contributed by atoms with van der Waals surface area (Å²) in [5, 5.41) is 4.45. The van der Waals surface area contributed by atoms with Crippen LogP contribution >= 0.6 is 0 Å². The van der Waals surface area contributed by atoms with Crippen LogP contribution in [0.15, 0.2) is 188 Å². The molecular formula is C49H31N5. The largest absolute Gasteiger partial charge is 0.245 e. The lowest BCUT2D eigenvalue weighted by Crippen LogP contribution is -2.00. The van der Waals surface area contributed by atoms with Crippen LogP contribution in [0.3, 0.4) is 0 Å². The van der Waals surface area contributed by atoms with Gasteiger partial charge in [-0.3, -0.25) is 0 Å². The van der Waals surface area contributed by atoms with Gasteiger partial charge in [-0.15, -0.1) is 0 Å². The average molecular weight is 690 g/mol. The van der Waals surface area contributed by atoms with Crippen LogP contribution in [0.2, 0.25) is 0 Å². The number of fused-ring (bicyclic) bond motifs is 4. The fraction of sp³-hybridized carbons (Fsp3) is 0. The van der Waals surface area contributed by atoms with E-state index >= 15 is 0 Å². The second kappa shape index (κ2) is 13.3. The molecule has 0 aliphatic heterocycles. The van der Waals surface area contributed by atoms with Crippen LogP contribution in [0.1, 0.15) is 0 Å². The van der Waals surface area contributed by atoms with Gasteiger partial charge in [0.2, 0.25) is 0 Å². The van der Waals surface area contributed by atoms with Crippen molar-refractivity contribution >= 4 is 32.6 Å². The minimum atomic E-state index is 0.636. The zero-order chi connectivity index (χ0) is 35.8. The summed E-state index contributed by atoms with van der Waals surface area (Å²) in [5.41, 5.74) is 10.9. The van der Waals surface area contributed by atoms with Crippen molar-refractivity contribution in [3.8, 4) is 67.8 Å². The van der Waals surface area contributed by atoms with Crippen LogP contribution in [0.25, 0.3) is 100 Å². The van der Waals surface area contributed by atoms with Gasteiger partial charge in [-0.1, -0.05) is 158 Å². The molecule has 3 aromatic heterocycles. The van der Waals surface area contributed by atoms with Crippen LogP contribution in [0.4, 0.5) is 0 Å². The Hall–Kier alpha value is -7.37. The molecule has 0 atom stereocenters. The molecule has 0 aliphatic carbocycles. The third-order valence-electron chi connectivity index (χ3n) is 9.88. The highest BCUT2D eigenvalue weighted by Gasteiger charge is 2.14. The van der Waals surface area contributed by atoms with Gasteiger partial charge in [-0.05, 0) is 52.2 Å².